The third-order valence-electron chi connectivity index (χ3n) is 3.61. The number of ether oxygens (including phenoxy) is 1. The molecule has 0 aliphatic carbocycles. The first kappa shape index (κ1) is 20.3. The maximum Gasteiger partial charge on any atom is 0.227 e. The number of nitrogens with zero attached hydrogens (tertiary/aromatic N) is 2. The first-order valence-electron chi connectivity index (χ1n) is 8.42. The number of amides is 1. The highest BCUT2D eigenvalue weighted by Crippen LogP contribution is 2.24. The van der Waals surface area contributed by atoms with E-state index in [1.807, 2.05) is 55.5 Å². The summed E-state index contributed by atoms with van der Waals surface area (Å²) in [6.07, 6.45) is 0.720. The molecule has 0 spiro atoms. The maximum absolute atomic E-state index is 12.7. The molecule has 0 aliphatic rings. The molecule has 6 heteroatoms. The monoisotopic (exact) mass is 432 g/mol. The molecule has 0 heterocycles. The standard InChI is InChI=1S/C20H21BrN2O2S/c1-2-25-18-8-6-17(7-9-18)23(14-3-13-22)20(24)12-15-26-19-10-4-16(21)5-11-19/h4-11H,2-3,12,14-15H2,1H3. The molecule has 0 saturated carbocycles. The van der Waals surface area contributed by atoms with Gasteiger partial charge in [0.15, 0.2) is 0 Å². The lowest BCUT2D eigenvalue weighted by molar-refractivity contribution is -0.118. The molecule has 0 N–H and O–H groups in total. The molecule has 2 aromatic rings. The fourth-order valence-electron chi connectivity index (χ4n) is 2.37. The average Bonchev–Trinajstić information content (AvgIpc) is 2.65. The van der Waals surface area contributed by atoms with Crippen LogP contribution in [0.25, 0.3) is 0 Å². The Bertz CT molecular complexity index is 742. The van der Waals surface area contributed by atoms with Gasteiger partial charge >= 0.3 is 0 Å². The van der Waals surface area contributed by atoms with Crippen molar-refractivity contribution in [3.63, 3.8) is 0 Å². The summed E-state index contributed by atoms with van der Waals surface area (Å²) in [5.74, 6) is 1.49. The number of thioether (sulfide) groups is 1. The van der Waals surface area contributed by atoms with E-state index in [1.165, 1.54) is 0 Å². The Kier molecular flexibility index (Phi) is 8.52. The van der Waals surface area contributed by atoms with Gasteiger partial charge in [-0.3, -0.25) is 4.79 Å². The largest absolute Gasteiger partial charge is 0.494 e. The van der Waals surface area contributed by atoms with Gasteiger partial charge in [-0.2, -0.15) is 5.26 Å². The van der Waals surface area contributed by atoms with Gasteiger partial charge in [-0.1, -0.05) is 15.9 Å². The summed E-state index contributed by atoms with van der Waals surface area (Å²) in [5.41, 5.74) is 0.794. The minimum atomic E-state index is 0.0222. The van der Waals surface area contributed by atoms with Crippen molar-refractivity contribution in [2.45, 2.75) is 24.7 Å². The van der Waals surface area contributed by atoms with E-state index in [0.717, 1.165) is 20.8 Å². The lowest BCUT2D eigenvalue weighted by Crippen LogP contribution is -2.32. The third kappa shape index (κ3) is 6.40. The van der Waals surface area contributed by atoms with Crippen LogP contribution in [-0.4, -0.2) is 24.8 Å². The molecule has 1 amide bonds. The van der Waals surface area contributed by atoms with Crippen LogP contribution in [0.2, 0.25) is 0 Å². The van der Waals surface area contributed by atoms with E-state index in [4.69, 9.17) is 10.00 Å². The number of halogens is 1. The SMILES string of the molecule is CCOc1ccc(N(CCC#N)C(=O)CCSc2ccc(Br)cc2)cc1. The number of hydrogen-bond acceptors (Lipinski definition) is 4. The number of benzene rings is 2. The second-order valence-electron chi connectivity index (χ2n) is 5.43. The fourth-order valence-corrected chi connectivity index (χ4v) is 3.48. The van der Waals surface area contributed by atoms with Gasteiger partial charge in [-0.25, -0.2) is 0 Å². The number of carbonyl (C=O) groups excluding carboxylic acids is 1. The zero-order valence-electron chi connectivity index (χ0n) is 14.7. The predicted octanol–water partition coefficient (Wildman–Crippen LogP) is 5.28. The average molecular weight is 433 g/mol. The summed E-state index contributed by atoms with van der Waals surface area (Å²) < 4.78 is 6.48. The molecule has 0 unspecified atom stereocenters. The summed E-state index contributed by atoms with van der Waals surface area (Å²) >= 11 is 5.06. The Morgan fingerprint density at radius 3 is 2.50 bits per heavy atom. The Morgan fingerprint density at radius 2 is 1.88 bits per heavy atom. The van der Waals surface area contributed by atoms with Crippen molar-refractivity contribution in [3.05, 3.63) is 53.0 Å². The molecule has 26 heavy (non-hydrogen) atoms. The molecular formula is C20H21BrN2O2S. The van der Waals surface area contributed by atoms with Gasteiger partial charge in [0, 0.05) is 33.8 Å². The molecular weight excluding hydrogens is 412 g/mol. The molecule has 0 saturated heterocycles. The number of nitriles is 1. The van der Waals surface area contributed by atoms with Crippen LogP contribution in [0.5, 0.6) is 5.75 Å². The van der Waals surface area contributed by atoms with Crippen molar-refractivity contribution in [2.75, 3.05) is 23.8 Å². The van der Waals surface area contributed by atoms with Crippen molar-refractivity contribution in [1.82, 2.24) is 0 Å². The first-order chi connectivity index (χ1) is 12.6. The van der Waals surface area contributed by atoms with Crippen LogP contribution < -0.4 is 9.64 Å². The highest BCUT2D eigenvalue weighted by Gasteiger charge is 2.15. The zero-order valence-corrected chi connectivity index (χ0v) is 17.1. The van der Waals surface area contributed by atoms with E-state index in [0.29, 0.717) is 31.7 Å². The van der Waals surface area contributed by atoms with Crippen LogP contribution in [0.4, 0.5) is 5.69 Å². The Balaban J connectivity index is 1.97. The summed E-state index contributed by atoms with van der Waals surface area (Å²) in [6, 6.07) is 17.6. The molecule has 2 rings (SSSR count). The van der Waals surface area contributed by atoms with E-state index in [2.05, 4.69) is 22.0 Å². The highest BCUT2D eigenvalue weighted by atomic mass is 79.9. The molecule has 0 fully saturated rings. The van der Waals surface area contributed by atoms with Gasteiger partial charge in [0.25, 0.3) is 0 Å². The normalized spacial score (nSPS) is 10.2. The van der Waals surface area contributed by atoms with Crippen molar-refractivity contribution in [1.29, 1.82) is 5.26 Å². The smallest absolute Gasteiger partial charge is 0.227 e. The van der Waals surface area contributed by atoms with Crippen LogP contribution in [-0.2, 0) is 4.79 Å². The minimum Gasteiger partial charge on any atom is -0.494 e. The van der Waals surface area contributed by atoms with E-state index < -0.39 is 0 Å². The Hall–Kier alpha value is -1.97. The van der Waals surface area contributed by atoms with Gasteiger partial charge in [0.1, 0.15) is 5.75 Å². The van der Waals surface area contributed by atoms with Gasteiger partial charge in [0.05, 0.1) is 19.1 Å². The number of hydrogen-bond donors (Lipinski definition) is 0. The summed E-state index contributed by atoms with van der Waals surface area (Å²) in [7, 11) is 0. The minimum absolute atomic E-state index is 0.0222. The second kappa shape index (κ2) is 10.9. The molecule has 0 aromatic heterocycles. The number of carbonyl (C=O) groups is 1. The van der Waals surface area contributed by atoms with E-state index >= 15 is 0 Å². The predicted molar refractivity (Wildman–Crippen MR) is 110 cm³/mol. The molecule has 136 valence electrons. The topological polar surface area (TPSA) is 53.3 Å². The van der Waals surface area contributed by atoms with Crippen molar-refractivity contribution in [3.8, 4) is 11.8 Å². The van der Waals surface area contributed by atoms with Crippen LogP contribution in [0.1, 0.15) is 19.8 Å². The van der Waals surface area contributed by atoms with Crippen LogP contribution in [0, 0.1) is 11.3 Å². The molecule has 2 aromatic carbocycles. The first-order valence-corrected chi connectivity index (χ1v) is 10.2. The van der Waals surface area contributed by atoms with Crippen LogP contribution in [0.3, 0.4) is 0 Å². The van der Waals surface area contributed by atoms with Gasteiger partial charge in [-0.05, 0) is 55.5 Å². The molecule has 0 atom stereocenters. The third-order valence-corrected chi connectivity index (χ3v) is 5.15. The summed E-state index contributed by atoms with van der Waals surface area (Å²) in [5, 5.41) is 8.89. The lowest BCUT2D eigenvalue weighted by atomic mass is 10.2. The Morgan fingerprint density at radius 1 is 1.19 bits per heavy atom. The Labute approximate surface area is 167 Å². The zero-order chi connectivity index (χ0) is 18.8. The summed E-state index contributed by atoms with van der Waals surface area (Å²) in [6.45, 7) is 2.93. The number of rotatable bonds is 9. The van der Waals surface area contributed by atoms with E-state index in [-0.39, 0.29) is 5.91 Å². The van der Waals surface area contributed by atoms with Crippen LogP contribution >= 0.6 is 27.7 Å². The second-order valence-corrected chi connectivity index (χ2v) is 7.52. The van der Waals surface area contributed by atoms with Crippen molar-refractivity contribution in [2.24, 2.45) is 0 Å². The van der Waals surface area contributed by atoms with Gasteiger partial charge < -0.3 is 9.64 Å². The van der Waals surface area contributed by atoms with E-state index in [1.54, 1.807) is 16.7 Å². The van der Waals surface area contributed by atoms with Gasteiger partial charge in [0.2, 0.25) is 5.91 Å². The lowest BCUT2D eigenvalue weighted by Gasteiger charge is -2.22. The summed E-state index contributed by atoms with van der Waals surface area (Å²) in [4.78, 5) is 15.5. The molecule has 0 bridgehead atoms. The van der Waals surface area contributed by atoms with Crippen molar-refractivity contribution < 1.29 is 9.53 Å². The van der Waals surface area contributed by atoms with E-state index in [9.17, 15) is 4.79 Å². The van der Waals surface area contributed by atoms with Crippen LogP contribution in [0.15, 0.2) is 57.9 Å². The van der Waals surface area contributed by atoms with Gasteiger partial charge in [-0.15, -0.1) is 11.8 Å². The highest BCUT2D eigenvalue weighted by molar-refractivity contribution is 9.10. The molecule has 4 nitrogen and oxygen atoms in total. The quantitative estimate of drug-likeness (QED) is 0.505. The molecule has 0 aliphatic heterocycles. The maximum atomic E-state index is 12.7. The number of anilines is 1. The fraction of sp³-hybridized carbons (Fsp3) is 0.300. The van der Waals surface area contributed by atoms with Crippen molar-refractivity contribution >= 4 is 39.3 Å². The molecule has 0 radical (unpaired) electrons.